The van der Waals surface area contributed by atoms with E-state index in [1.807, 2.05) is 24.3 Å². The fraction of sp³-hybridized carbons (Fsp3) is 0.452. The number of benzene rings is 1. The van der Waals surface area contributed by atoms with Crippen molar-refractivity contribution in [3.63, 3.8) is 0 Å². The van der Waals surface area contributed by atoms with Gasteiger partial charge in [-0.15, -0.1) is 0 Å². The lowest BCUT2D eigenvalue weighted by Gasteiger charge is -2.26. The number of carbonyl (C=O) groups excluding carboxylic acids is 1. The number of fused-ring (bicyclic) bond motifs is 1. The Bertz CT molecular complexity index is 1540. The molecule has 5 rings (SSSR count). The number of aromatic nitrogens is 1. The van der Waals surface area contributed by atoms with Crippen molar-refractivity contribution < 1.29 is 13.9 Å². The number of rotatable bonds is 8. The van der Waals surface area contributed by atoms with Gasteiger partial charge >= 0.3 is 5.97 Å². The van der Waals surface area contributed by atoms with Gasteiger partial charge in [-0.1, -0.05) is 62.8 Å². The molecule has 0 aliphatic carbocycles. The van der Waals surface area contributed by atoms with Crippen LogP contribution in [-0.4, -0.2) is 30.2 Å². The second-order valence-electron chi connectivity index (χ2n) is 10.5. The molecular formula is C31H37N3O4S. The van der Waals surface area contributed by atoms with Crippen LogP contribution in [0.15, 0.2) is 61.9 Å². The van der Waals surface area contributed by atoms with E-state index < -0.39 is 12.0 Å². The summed E-state index contributed by atoms with van der Waals surface area (Å²) in [6.07, 6.45) is 6.81. The summed E-state index contributed by atoms with van der Waals surface area (Å²) in [6, 6.07) is 11.5. The molecule has 39 heavy (non-hydrogen) atoms. The first-order valence-corrected chi connectivity index (χ1v) is 14.9. The number of furan rings is 1. The first kappa shape index (κ1) is 27.2. The number of ether oxygens (including phenoxy) is 1. The van der Waals surface area contributed by atoms with Crippen molar-refractivity contribution in [3.8, 4) is 0 Å². The molecule has 0 N–H and O–H groups in total. The molecule has 1 saturated heterocycles. The number of nitrogens with zero attached hydrogens (tertiary/aromatic N) is 3. The predicted molar refractivity (Wildman–Crippen MR) is 155 cm³/mol. The summed E-state index contributed by atoms with van der Waals surface area (Å²) in [7, 11) is 0. The maximum Gasteiger partial charge on any atom is 0.338 e. The maximum absolute atomic E-state index is 13.9. The molecule has 8 heteroatoms. The third kappa shape index (κ3) is 5.53. The Kier molecular flexibility index (Phi) is 8.21. The first-order chi connectivity index (χ1) is 18.9. The zero-order valence-electron chi connectivity index (χ0n) is 23.2. The molecule has 0 amide bonds. The molecule has 2 aliphatic rings. The SMILES string of the molecule is CCCC1=C(C(=O)OCC)[C@H](c2ccc(C(C)C)cc2)n2c(s/c(=C\c3ccc(N4CCCCC4)o3)c2=O)=N1. The van der Waals surface area contributed by atoms with Crippen LogP contribution < -0.4 is 19.8 Å². The molecule has 2 aromatic heterocycles. The lowest BCUT2D eigenvalue weighted by molar-refractivity contribution is -0.139. The van der Waals surface area contributed by atoms with E-state index in [2.05, 4.69) is 37.8 Å². The summed E-state index contributed by atoms with van der Waals surface area (Å²) in [4.78, 5) is 35.0. The highest BCUT2D eigenvalue weighted by Gasteiger charge is 2.34. The number of piperidine rings is 1. The maximum atomic E-state index is 13.9. The molecule has 0 radical (unpaired) electrons. The van der Waals surface area contributed by atoms with Gasteiger partial charge in [-0.3, -0.25) is 9.36 Å². The van der Waals surface area contributed by atoms with Crippen molar-refractivity contribution in [1.82, 2.24) is 4.57 Å². The third-order valence-electron chi connectivity index (χ3n) is 7.36. The number of anilines is 1. The van der Waals surface area contributed by atoms with Gasteiger partial charge in [0, 0.05) is 25.2 Å². The number of allylic oxidation sites excluding steroid dienone is 1. The van der Waals surface area contributed by atoms with E-state index in [1.54, 1.807) is 17.6 Å². The number of hydrogen-bond donors (Lipinski definition) is 0. The van der Waals surface area contributed by atoms with Crippen molar-refractivity contribution in [3.05, 3.63) is 84.2 Å². The van der Waals surface area contributed by atoms with E-state index in [1.165, 1.54) is 23.3 Å². The topological polar surface area (TPSA) is 77.0 Å². The Labute approximate surface area is 233 Å². The van der Waals surface area contributed by atoms with Gasteiger partial charge in [-0.2, -0.15) is 0 Å². The van der Waals surface area contributed by atoms with Gasteiger partial charge in [0.25, 0.3) is 5.56 Å². The Balaban J connectivity index is 1.64. The third-order valence-corrected chi connectivity index (χ3v) is 8.35. The minimum atomic E-state index is -0.606. The molecule has 1 atom stereocenters. The second kappa shape index (κ2) is 11.8. The molecule has 0 saturated carbocycles. The summed E-state index contributed by atoms with van der Waals surface area (Å²) in [5.74, 6) is 1.43. The van der Waals surface area contributed by atoms with E-state index in [0.717, 1.165) is 43.8 Å². The first-order valence-electron chi connectivity index (χ1n) is 14.1. The van der Waals surface area contributed by atoms with E-state index in [9.17, 15) is 9.59 Å². The average molecular weight is 548 g/mol. The summed E-state index contributed by atoms with van der Waals surface area (Å²) in [5.41, 5.74) is 3.00. The van der Waals surface area contributed by atoms with Crippen LogP contribution in [0.3, 0.4) is 0 Å². The van der Waals surface area contributed by atoms with Crippen molar-refractivity contribution >= 4 is 29.3 Å². The number of esters is 1. The smallest absolute Gasteiger partial charge is 0.338 e. The quantitative estimate of drug-likeness (QED) is 0.359. The molecule has 7 nitrogen and oxygen atoms in total. The van der Waals surface area contributed by atoms with Crippen LogP contribution in [0.2, 0.25) is 0 Å². The molecule has 0 unspecified atom stereocenters. The highest BCUT2D eigenvalue weighted by atomic mass is 32.1. The van der Waals surface area contributed by atoms with Crippen molar-refractivity contribution in [2.45, 2.75) is 71.8 Å². The Morgan fingerprint density at radius 1 is 1.13 bits per heavy atom. The fourth-order valence-corrected chi connectivity index (χ4v) is 6.33. The van der Waals surface area contributed by atoms with Crippen molar-refractivity contribution in [2.24, 2.45) is 4.99 Å². The average Bonchev–Trinajstić information content (AvgIpc) is 3.53. The van der Waals surface area contributed by atoms with Crippen LogP contribution >= 0.6 is 11.3 Å². The zero-order chi connectivity index (χ0) is 27.5. The van der Waals surface area contributed by atoms with Crippen molar-refractivity contribution in [1.29, 1.82) is 0 Å². The van der Waals surface area contributed by atoms with Crippen LogP contribution in [-0.2, 0) is 9.53 Å². The van der Waals surface area contributed by atoms with Crippen molar-refractivity contribution in [2.75, 3.05) is 24.6 Å². The summed E-state index contributed by atoms with van der Waals surface area (Å²) < 4.78 is 13.8. The van der Waals surface area contributed by atoms with Gasteiger partial charge in [0.15, 0.2) is 10.7 Å². The monoisotopic (exact) mass is 547 g/mol. The lowest BCUT2D eigenvalue weighted by Crippen LogP contribution is -2.40. The van der Waals surface area contributed by atoms with E-state index in [4.69, 9.17) is 14.1 Å². The summed E-state index contributed by atoms with van der Waals surface area (Å²) in [6.45, 7) is 10.4. The molecule has 1 aromatic carbocycles. The normalized spacial score (nSPS) is 17.9. The van der Waals surface area contributed by atoms with E-state index >= 15 is 0 Å². The van der Waals surface area contributed by atoms with Gasteiger partial charge in [-0.05, 0) is 55.7 Å². The largest absolute Gasteiger partial charge is 0.463 e. The second-order valence-corrected chi connectivity index (χ2v) is 11.5. The fourth-order valence-electron chi connectivity index (χ4n) is 5.33. The molecule has 2 aliphatic heterocycles. The molecule has 1 fully saturated rings. The van der Waals surface area contributed by atoms with Gasteiger partial charge in [-0.25, -0.2) is 9.79 Å². The van der Waals surface area contributed by atoms with Crippen LogP contribution in [0.1, 0.15) is 88.6 Å². The Morgan fingerprint density at radius 2 is 1.87 bits per heavy atom. The predicted octanol–water partition coefficient (Wildman–Crippen LogP) is 5.29. The van der Waals surface area contributed by atoms with Gasteiger partial charge < -0.3 is 14.1 Å². The molecule has 3 aromatic rings. The molecule has 0 spiro atoms. The van der Waals surface area contributed by atoms with Gasteiger partial charge in [0.1, 0.15) is 5.76 Å². The number of hydrogen-bond acceptors (Lipinski definition) is 7. The Hall–Kier alpha value is -3.39. The van der Waals surface area contributed by atoms with E-state index in [0.29, 0.717) is 38.7 Å². The minimum absolute atomic E-state index is 0.190. The molecular weight excluding hydrogens is 510 g/mol. The number of carbonyl (C=O) groups is 1. The van der Waals surface area contributed by atoms with Crippen LogP contribution in [0, 0.1) is 0 Å². The standard InChI is InChI=1S/C31H37N3O4S/c1-5-10-24-27(30(36)37-6-2)28(22-13-11-21(12-14-22)20(3)4)34-29(35)25(39-31(34)32-24)19-23-15-16-26(38-23)33-17-8-7-9-18-33/h11-16,19-20,28H,5-10,17-18H2,1-4H3/b25-19-/t28-/m0/s1. The van der Waals surface area contributed by atoms with Crippen LogP contribution in [0.4, 0.5) is 5.88 Å². The summed E-state index contributed by atoms with van der Waals surface area (Å²) in [5, 5.41) is 0. The lowest BCUT2D eigenvalue weighted by atomic mass is 9.92. The zero-order valence-corrected chi connectivity index (χ0v) is 24.1. The molecule has 4 heterocycles. The minimum Gasteiger partial charge on any atom is -0.463 e. The number of thiazole rings is 1. The molecule has 206 valence electrons. The summed E-state index contributed by atoms with van der Waals surface area (Å²) >= 11 is 1.33. The Morgan fingerprint density at radius 3 is 2.54 bits per heavy atom. The highest BCUT2D eigenvalue weighted by Crippen LogP contribution is 2.33. The van der Waals surface area contributed by atoms with Crippen LogP contribution in [0.25, 0.3) is 6.08 Å². The van der Waals surface area contributed by atoms with Gasteiger partial charge in [0.2, 0.25) is 0 Å². The van der Waals surface area contributed by atoms with Crippen LogP contribution in [0.5, 0.6) is 0 Å². The highest BCUT2D eigenvalue weighted by molar-refractivity contribution is 7.07. The molecule has 0 bridgehead atoms. The van der Waals surface area contributed by atoms with E-state index in [-0.39, 0.29) is 12.2 Å². The van der Waals surface area contributed by atoms with Gasteiger partial charge in [0.05, 0.1) is 28.5 Å².